The van der Waals surface area contributed by atoms with Gasteiger partial charge in [-0.25, -0.2) is 0 Å². The van der Waals surface area contributed by atoms with Gasteiger partial charge in [0.15, 0.2) is 0 Å². The van der Waals surface area contributed by atoms with Crippen LogP contribution in [-0.4, -0.2) is 27.3 Å². The molecule has 2 N–H and O–H groups in total. The first-order valence-electron chi connectivity index (χ1n) is 7.11. The fourth-order valence-corrected chi connectivity index (χ4v) is 2.73. The fraction of sp³-hybridized carbons (Fsp3) is 0.571. The number of aryl methyl sites for hydroxylation is 2. The molecule has 1 unspecified atom stereocenters. The van der Waals surface area contributed by atoms with E-state index in [1.54, 1.807) is 6.07 Å². The lowest BCUT2D eigenvalue weighted by atomic mass is 10.2. The molecule has 1 fully saturated rings. The van der Waals surface area contributed by atoms with Gasteiger partial charge in [-0.05, 0) is 32.2 Å². The molecule has 0 saturated carbocycles. The van der Waals surface area contributed by atoms with E-state index >= 15 is 0 Å². The molecule has 3 heterocycles. The Kier molecular flexibility index (Phi) is 3.58. The maximum atomic E-state index is 12.2. The van der Waals surface area contributed by atoms with Crippen LogP contribution in [0.3, 0.4) is 0 Å². The highest BCUT2D eigenvalue weighted by molar-refractivity contribution is 5.42. The molecule has 6 nitrogen and oxygen atoms in total. The Morgan fingerprint density at radius 2 is 2.35 bits per heavy atom. The van der Waals surface area contributed by atoms with Crippen LogP contribution in [0.2, 0.25) is 0 Å². The second-order valence-corrected chi connectivity index (χ2v) is 5.27. The SMILES string of the molecule is Cn1c(CCCN)cc(=O)n2nc(C3CCCO3)cc12. The van der Waals surface area contributed by atoms with E-state index in [1.165, 1.54) is 4.52 Å². The lowest BCUT2D eigenvalue weighted by Crippen LogP contribution is -2.20. The minimum Gasteiger partial charge on any atom is -0.372 e. The van der Waals surface area contributed by atoms with Crippen molar-refractivity contribution in [1.82, 2.24) is 14.2 Å². The van der Waals surface area contributed by atoms with Gasteiger partial charge in [-0.1, -0.05) is 0 Å². The zero-order chi connectivity index (χ0) is 14.1. The van der Waals surface area contributed by atoms with Crippen molar-refractivity contribution < 1.29 is 4.74 Å². The third-order valence-electron chi connectivity index (χ3n) is 3.88. The summed E-state index contributed by atoms with van der Waals surface area (Å²) in [7, 11) is 1.96. The van der Waals surface area contributed by atoms with Crippen LogP contribution in [0.5, 0.6) is 0 Å². The summed E-state index contributed by atoms with van der Waals surface area (Å²) in [5.74, 6) is 0. The van der Waals surface area contributed by atoms with Gasteiger partial charge in [0.25, 0.3) is 5.56 Å². The predicted molar refractivity (Wildman–Crippen MR) is 75.7 cm³/mol. The number of hydrogen-bond acceptors (Lipinski definition) is 4. The van der Waals surface area contributed by atoms with Gasteiger partial charge in [0.2, 0.25) is 0 Å². The normalized spacial score (nSPS) is 19.0. The molecule has 108 valence electrons. The summed E-state index contributed by atoms with van der Waals surface area (Å²) in [5, 5.41) is 4.41. The zero-order valence-corrected chi connectivity index (χ0v) is 11.7. The van der Waals surface area contributed by atoms with Crippen LogP contribution in [-0.2, 0) is 18.2 Å². The number of nitrogens with zero attached hydrogens (tertiary/aromatic N) is 3. The van der Waals surface area contributed by atoms with Crippen molar-refractivity contribution in [1.29, 1.82) is 0 Å². The largest absolute Gasteiger partial charge is 0.372 e. The van der Waals surface area contributed by atoms with Crippen LogP contribution in [0.25, 0.3) is 5.65 Å². The van der Waals surface area contributed by atoms with Crippen molar-refractivity contribution in [3.8, 4) is 0 Å². The first-order chi connectivity index (χ1) is 9.70. The first kappa shape index (κ1) is 13.3. The molecule has 20 heavy (non-hydrogen) atoms. The summed E-state index contributed by atoms with van der Waals surface area (Å²) in [5.41, 5.74) is 8.11. The van der Waals surface area contributed by atoms with E-state index in [2.05, 4.69) is 5.10 Å². The quantitative estimate of drug-likeness (QED) is 0.895. The molecule has 6 heteroatoms. The number of aromatic nitrogens is 3. The summed E-state index contributed by atoms with van der Waals surface area (Å²) >= 11 is 0. The summed E-state index contributed by atoms with van der Waals surface area (Å²) in [6, 6.07) is 3.61. The molecule has 2 aromatic rings. The van der Waals surface area contributed by atoms with Crippen LogP contribution >= 0.6 is 0 Å². The third kappa shape index (κ3) is 2.25. The van der Waals surface area contributed by atoms with Crippen LogP contribution in [0.4, 0.5) is 0 Å². The van der Waals surface area contributed by atoms with Gasteiger partial charge in [0.05, 0.1) is 5.69 Å². The Bertz CT molecular complexity index is 668. The van der Waals surface area contributed by atoms with E-state index in [4.69, 9.17) is 10.5 Å². The van der Waals surface area contributed by atoms with E-state index in [9.17, 15) is 4.79 Å². The van der Waals surface area contributed by atoms with E-state index in [0.717, 1.165) is 49.3 Å². The van der Waals surface area contributed by atoms with Crippen LogP contribution in [0.1, 0.15) is 36.8 Å². The summed E-state index contributed by atoms with van der Waals surface area (Å²) in [4.78, 5) is 12.2. The molecule has 1 aliphatic rings. The van der Waals surface area contributed by atoms with E-state index < -0.39 is 0 Å². The van der Waals surface area contributed by atoms with Crippen LogP contribution < -0.4 is 11.3 Å². The Balaban J connectivity index is 2.05. The van der Waals surface area contributed by atoms with Gasteiger partial charge < -0.3 is 15.0 Å². The average molecular weight is 276 g/mol. The van der Waals surface area contributed by atoms with Crippen molar-refractivity contribution in [2.24, 2.45) is 12.8 Å². The molecule has 2 aromatic heterocycles. The van der Waals surface area contributed by atoms with Gasteiger partial charge in [0.1, 0.15) is 11.8 Å². The maximum Gasteiger partial charge on any atom is 0.274 e. The van der Waals surface area contributed by atoms with Gasteiger partial charge in [-0.3, -0.25) is 4.79 Å². The van der Waals surface area contributed by atoms with Crippen molar-refractivity contribution in [3.63, 3.8) is 0 Å². The number of nitrogens with two attached hydrogens (primary N) is 1. The van der Waals surface area contributed by atoms with Gasteiger partial charge in [0, 0.05) is 31.5 Å². The molecular weight excluding hydrogens is 256 g/mol. The van der Waals surface area contributed by atoms with Gasteiger partial charge in [-0.2, -0.15) is 9.61 Å². The average Bonchev–Trinajstić information content (AvgIpc) is 3.08. The monoisotopic (exact) mass is 276 g/mol. The Morgan fingerprint density at radius 1 is 1.50 bits per heavy atom. The molecule has 1 saturated heterocycles. The van der Waals surface area contributed by atoms with E-state index in [0.29, 0.717) is 6.54 Å². The topological polar surface area (TPSA) is 74.5 Å². The molecule has 0 bridgehead atoms. The minimum atomic E-state index is -0.0885. The molecule has 0 spiro atoms. The second kappa shape index (κ2) is 5.38. The molecule has 3 rings (SSSR count). The van der Waals surface area contributed by atoms with Crippen molar-refractivity contribution in [3.05, 3.63) is 33.9 Å². The summed E-state index contributed by atoms with van der Waals surface area (Å²) in [6.07, 6.45) is 3.73. The van der Waals surface area contributed by atoms with Crippen molar-refractivity contribution in [2.75, 3.05) is 13.2 Å². The number of fused-ring (bicyclic) bond motifs is 1. The van der Waals surface area contributed by atoms with Crippen LogP contribution in [0, 0.1) is 0 Å². The zero-order valence-electron chi connectivity index (χ0n) is 11.7. The van der Waals surface area contributed by atoms with E-state index in [1.807, 2.05) is 17.7 Å². The predicted octanol–water partition coefficient (Wildman–Crippen LogP) is 0.776. The highest BCUT2D eigenvalue weighted by Gasteiger charge is 2.22. The second-order valence-electron chi connectivity index (χ2n) is 5.27. The summed E-state index contributed by atoms with van der Waals surface area (Å²) in [6.45, 7) is 1.40. The first-order valence-corrected chi connectivity index (χ1v) is 7.11. The van der Waals surface area contributed by atoms with Gasteiger partial charge >= 0.3 is 0 Å². The third-order valence-corrected chi connectivity index (χ3v) is 3.88. The Hall–Kier alpha value is -1.66. The van der Waals surface area contributed by atoms with Crippen molar-refractivity contribution >= 4 is 5.65 Å². The molecule has 0 radical (unpaired) electrons. The Morgan fingerprint density at radius 3 is 3.05 bits per heavy atom. The van der Waals surface area contributed by atoms with Crippen LogP contribution in [0.15, 0.2) is 16.9 Å². The standard InChI is InChI=1S/C14H20N4O2/c1-17-10(4-2-6-15)8-14(19)18-13(17)9-11(16-18)12-5-3-7-20-12/h8-9,12H,2-7,15H2,1H3. The molecule has 0 aliphatic carbocycles. The van der Waals surface area contributed by atoms with Gasteiger partial charge in [-0.15, -0.1) is 0 Å². The number of ether oxygens (including phenoxy) is 1. The van der Waals surface area contributed by atoms with Crippen molar-refractivity contribution in [2.45, 2.75) is 31.8 Å². The number of hydrogen-bond donors (Lipinski definition) is 1. The molecule has 0 aromatic carbocycles. The highest BCUT2D eigenvalue weighted by atomic mass is 16.5. The number of rotatable bonds is 4. The molecule has 1 atom stereocenters. The lowest BCUT2D eigenvalue weighted by molar-refractivity contribution is 0.108. The Labute approximate surface area is 117 Å². The minimum absolute atomic E-state index is 0.0294. The molecular formula is C14H20N4O2. The molecule has 1 aliphatic heterocycles. The fourth-order valence-electron chi connectivity index (χ4n) is 2.73. The summed E-state index contributed by atoms with van der Waals surface area (Å²) < 4.78 is 9.12. The maximum absolute atomic E-state index is 12.2. The van der Waals surface area contributed by atoms with E-state index in [-0.39, 0.29) is 11.7 Å². The highest BCUT2D eigenvalue weighted by Crippen LogP contribution is 2.27. The lowest BCUT2D eigenvalue weighted by Gasteiger charge is -2.09. The molecule has 0 amide bonds. The smallest absolute Gasteiger partial charge is 0.274 e.